The van der Waals surface area contributed by atoms with Crippen LogP contribution >= 0.6 is 11.3 Å². The lowest BCUT2D eigenvalue weighted by molar-refractivity contribution is 0.0741. The molecule has 1 aliphatic rings. The molecule has 0 bridgehead atoms. The van der Waals surface area contributed by atoms with E-state index in [4.69, 9.17) is 5.73 Å². The van der Waals surface area contributed by atoms with Crippen LogP contribution in [0, 0.1) is 0 Å². The number of amides is 1. The summed E-state index contributed by atoms with van der Waals surface area (Å²) < 4.78 is 0. The Kier molecular flexibility index (Phi) is 4.93. The second-order valence-corrected chi connectivity index (χ2v) is 6.59. The molecule has 0 aliphatic carbocycles. The number of rotatable bonds is 4. The summed E-state index contributed by atoms with van der Waals surface area (Å²) >= 11 is 1.48. The molecule has 1 aliphatic heterocycles. The lowest BCUT2D eigenvalue weighted by Gasteiger charge is -2.35. The first-order valence-corrected chi connectivity index (χ1v) is 8.87. The normalized spacial score (nSPS) is 16.4. The number of thiazole rings is 1. The van der Waals surface area contributed by atoms with Crippen LogP contribution in [0.2, 0.25) is 0 Å². The minimum atomic E-state index is -0.0727. The first-order chi connectivity index (χ1) is 11.2. The Morgan fingerprint density at radius 1 is 1.26 bits per heavy atom. The number of anilines is 1. The quantitative estimate of drug-likeness (QED) is 0.936. The van der Waals surface area contributed by atoms with Crippen molar-refractivity contribution in [2.75, 3.05) is 31.1 Å². The maximum Gasteiger partial charge on any atom is 0.273 e. The van der Waals surface area contributed by atoms with Crippen molar-refractivity contribution < 1.29 is 4.79 Å². The molecule has 0 spiro atoms. The van der Waals surface area contributed by atoms with Crippen LogP contribution in [0.15, 0.2) is 35.7 Å². The van der Waals surface area contributed by atoms with Crippen LogP contribution in [0.5, 0.6) is 0 Å². The molecule has 1 saturated heterocycles. The van der Waals surface area contributed by atoms with Crippen molar-refractivity contribution in [3.05, 3.63) is 46.4 Å². The molecule has 5 nitrogen and oxygen atoms in total. The minimum Gasteiger partial charge on any atom is -0.368 e. The Hall–Kier alpha value is -1.92. The van der Waals surface area contributed by atoms with Crippen LogP contribution in [0.3, 0.4) is 0 Å². The third kappa shape index (κ3) is 3.54. The fraction of sp³-hybridized carbons (Fsp3) is 0.412. The number of benzene rings is 1. The van der Waals surface area contributed by atoms with Crippen molar-refractivity contribution in [3.8, 4) is 0 Å². The fourth-order valence-corrected chi connectivity index (χ4v) is 3.58. The van der Waals surface area contributed by atoms with Crippen LogP contribution in [0.4, 0.5) is 5.69 Å². The molecule has 1 unspecified atom stereocenters. The SMILES string of the molecule is CCC(N)c1nc(C(=O)N2CCN(c3ccccc3)CC2)cs1. The molecule has 1 aromatic carbocycles. The third-order valence-corrected chi connectivity index (χ3v) is 5.16. The van der Waals surface area contributed by atoms with Crippen molar-refractivity contribution in [2.45, 2.75) is 19.4 Å². The predicted molar refractivity (Wildman–Crippen MR) is 93.9 cm³/mol. The summed E-state index contributed by atoms with van der Waals surface area (Å²) in [4.78, 5) is 21.2. The van der Waals surface area contributed by atoms with E-state index in [1.807, 2.05) is 35.4 Å². The van der Waals surface area contributed by atoms with Crippen LogP contribution in [-0.4, -0.2) is 42.0 Å². The number of nitrogens with two attached hydrogens (primary N) is 1. The average Bonchev–Trinajstić information content (AvgIpc) is 3.11. The topological polar surface area (TPSA) is 62.5 Å². The average molecular weight is 330 g/mol. The molecule has 3 rings (SSSR count). The van der Waals surface area contributed by atoms with E-state index in [0.29, 0.717) is 5.69 Å². The Bertz CT molecular complexity index is 650. The zero-order valence-corrected chi connectivity index (χ0v) is 14.1. The summed E-state index contributed by atoms with van der Waals surface area (Å²) in [5, 5.41) is 2.68. The van der Waals surface area contributed by atoms with Crippen molar-refractivity contribution in [1.29, 1.82) is 0 Å². The highest BCUT2D eigenvalue weighted by Gasteiger charge is 2.24. The number of aromatic nitrogens is 1. The van der Waals surface area contributed by atoms with Gasteiger partial charge in [-0.3, -0.25) is 4.79 Å². The number of carbonyl (C=O) groups is 1. The first kappa shape index (κ1) is 16.0. The number of carbonyl (C=O) groups excluding carboxylic acids is 1. The minimum absolute atomic E-state index is 0.0171. The standard InChI is InChI=1S/C17H22N4OS/c1-2-14(18)16-19-15(12-23-16)17(22)21-10-8-20(9-11-21)13-6-4-3-5-7-13/h3-7,12,14H,2,8-11,18H2,1H3. The molecule has 2 aromatic rings. The fourth-order valence-electron chi connectivity index (χ4n) is 2.70. The van der Waals surface area contributed by atoms with Gasteiger partial charge in [0.25, 0.3) is 5.91 Å². The van der Waals surface area contributed by atoms with E-state index in [9.17, 15) is 4.79 Å². The number of piperazine rings is 1. The molecule has 1 atom stereocenters. The molecule has 23 heavy (non-hydrogen) atoms. The molecule has 2 heterocycles. The monoisotopic (exact) mass is 330 g/mol. The van der Waals surface area contributed by atoms with Crippen molar-refractivity contribution >= 4 is 22.9 Å². The largest absolute Gasteiger partial charge is 0.368 e. The molecular weight excluding hydrogens is 308 g/mol. The smallest absolute Gasteiger partial charge is 0.273 e. The first-order valence-electron chi connectivity index (χ1n) is 7.99. The summed E-state index contributed by atoms with van der Waals surface area (Å²) in [6.45, 7) is 5.17. The zero-order chi connectivity index (χ0) is 16.2. The van der Waals surface area contributed by atoms with Crippen LogP contribution in [-0.2, 0) is 0 Å². The highest BCUT2D eigenvalue weighted by atomic mass is 32.1. The number of nitrogens with zero attached hydrogens (tertiary/aromatic N) is 3. The van der Waals surface area contributed by atoms with Gasteiger partial charge in [-0.15, -0.1) is 11.3 Å². The molecule has 0 saturated carbocycles. The van der Waals surface area contributed by atoms with Gasteiger partial charge in [0.2, 0.25) is 0 Å². The Balaban J connectivity index is 1.61. The molecule has 0 radical (unpaired) electrons. The maximum absolute atomic E-state index is 12.6. The Morgan fingerprint density at radius 2 is 1.96 bits per heavy atom. The number of para-hydroxylation sites is 1. The highest BCUT2D eigenvalue weighted by molar-refractivity contribution is 7.09. The zero-order valence-electron chi connectivity index (χ0n) is 13.3. The van der Waals surface area contributed by atoms with E-state index in [1.165, 1.54) is 17.0 Å². The van der Waals surface area contributed by atoms with Gasteiger partial charge in [0.05, 0.1) is 6.04 Å². The van der Waals surface area contributed by atoms with Gasteiger partial charge in [-0.05, 0) is 18.6 Å². The van der Waals surface area contributed by atoms with E-state index in [2.05, 4.69) is 22.0 Å². The van der Waals surface area contributed by atoms with Gasteiger partial charge in [0.15, 0.2) is 0 Å². The predicted octanol–water partition coefficient (Wildman–Crippen LogP) is 2.52. The highest BCUT2D eigenvalue weighted by Crippen LogP contribution is 2.21. The maximum atomic E-state index is 12.6. The van der Waals surface area contributed by atoms with Crippen LogP contribution in [0.25, 0.3) is 0 Å². The van der Waals surface area contributed by atoms with Gasteiger partial charge < -0.3 is 15.5 Å². The van der Waals surface area contributed by atoms with Crippen molar-refractivity contribution in [1.82, 2.24) is 9.88 Å². The second-order valence-electron chi connectivity index (χ2n) is 5.70. The van der Waals surface area contributed by atoms with Gasteiger partial charge in [-0.1, -0.05) is 25.1 Å². The second kappa shape index (κ2) is 7.10. The lowest BCUT2D eigenvalue weighted by atomic mass is 10.2. The number of hydrogen-bond donors (Lipinski definition) is 1. The van der Waals surface area contributed by atoms with Gasteiger partial charge in [-0.2, -0.15) is 0 Å². The molecular formula is C17H22N4OS. The van der Waals surface area contributed by atoms with Gasteiger partial charge >= 0.3 is 0 Å². The molecule has 1 aromatic heterocycles. The molecule has 6 heteroatoms. The van der Waals surface area contributed by atoms with Crippen LogP contribution < -0.4 is 10.6 Å². The Morgan fingerprint density at radius 3 is 2.61 bits per heavy atom. The van der Waals surface area contributed by atoms with E-state index in [0.717, 1.165) is 37.6 Å². The van der Waals surface area contributed by atoms with Gasteiger partial charge in [0.1, 0.15) is 10.7 Å². The van der Waals surface area contributed by atoms with E-state index in [1.54, 1.807) is 0 Å². The van der Waals surface area contributed by atoms with Gasteiger partial charge in [-0.25, -0.2) is 4.98 Å². The summed E-state index contributed by atoms with van der Waals surface area (Å²) in [6.07, 6.45) is 0.830. The number of hydrogen-bond acceptors (Lipinski definition) is 5. The molecule has 1 fully saturated rings. The molecule has 2 N–H and O–H groups in total. The van der Waals surface area contributed by atoms with Gasteiger partial charge in [0, 0.05) is 37.2 Å². The molecule has 1 amide bonds. The third-order valence-electron chi connectivity index (χ3n) is 4.19. The summed E-state index contributed by atoms with van der Waals surface area (Å²) in [6, 6.07) is 10.2. The molecule has 122 valence electrons. The summed E-state index contributed by atoms with van der Waals surface area (Å²) in [7, 11) is 0. The van der Waals surface area contributed by atoms with E-state index in [-0.39, 0.29) is 11.9 Å². The van der Waals surface area contributed by atoms with E-state index < -0.39 is 0 Å². The Labute approximate surface area is 140 Å². The lowest BCUT2D eigenvalue weighted by Crippen LogP contribution is -2.48. The van der Waals surface area contributed by atoms with Crippen LogP contribution in [0.1, 0.15) is 34.9 Å². The van der Waals surface area contributed by atoms with E-state index >= 15 is 0 Å². The summed E-state index contributed by atoms with van der Waals surface area (Å²) in [5.41, 5.74) is 7.73. The summed E-state index contributed by atoms with van der Waals surface area (Å²) in [5.74, 6) is 0.0171. The van der Waals surface area contributed by atoms with Crippen molar-refractivity contribution in [3.63, 3.8) is 0 Å². The van der Waals surface area contributed by atoms with Crippen molar-refractivity contribution in [2.24, 2.45) is 5.73 Å².